The van der Waals surface area contributed by atoms with Crippen molar-refractivity contribution in [2.24, 2.45) is 5.92 Å². The Morgan fingerprint density at radius 2 is 1.90 bits per heavy atom. The van der Waals surface area contributed by atoms with Crippen molar-refractivity contribution < 1.29 is 4.79 Å². The largest absolute Gasteiger partial charge is 0.362 e. The molecule has 0 spiro atoms. The first-order chi connectivity index (χ1) is 13.8. The molecule has 29 heavy (non-hydrogen) atoms. The molecule has 1 fully saturated rings. The third-order valence-electron chi connectivity index (χ3n) is 5.28. The van der Waals surface area contributed by atoms with E-state index >= 15 is 0 Å². The van der Waals surface area contributed by atoms with E-state index in [2.05, 4.69) is 20.6 Å². The van der Waals surface area contributed by atoms with Gasteiger partial charge in [0.15, 0.2) is 0 Å². The van der Waals surface area contributed by atoms with Crippen LogP contribution < -0.4 is 15.5 Å². The molecular formula is C21H27Cl2N5O. The van der Waals surface area contributed by atoms with Crippen LogP contribution in [0.2, 0.25) is 10.0 Å². The maximum Gasteiger partial charge on any atom is 0.251 e. The number of benzene rings is 1. The monoisotopic (exact) mass is 435 g/mol. The average Bonchev–Trinajstić information content (AvgIpc) is 2.70. The van der Waals surface area contributed by atoms with E-state index in [4.69, 9.17) is 23.2 Å². The van der Waals surface area contributed by atoms with Crippen LogP contribution in [0, 0.1) is 12.8 Å². The molecule has 2 aromatic rings. The highest BCUT2D eigenvalue weighted by Gasteiger charge is 2.23. The molecule has 1 amide bonds. The molecule has 0 atom stereocenters. The summed E-state index contributed by atoms with van der Waals surface area (Å²) in [5, 5.41) is 7.32. The van der Waals surface area contributed by atoms with Gasteiger partial charge in [-0.15, -0.1) is 0 Å². The van der Waals surface area contributed by atoms with E-state index in [0.29, 0.717) is 27.5 Å². The molecule has 8 heteroatoms. The zero-order valence-corrected chi connectivity index (χ0v) is 18.5. The van der Waals surface area contributed by atoms with Crippen LogP contribution in [0.1, 0.15) is 41.6 Å². The smallest absolute Gasteiger partial charge is 0.251 e. The van der Waals surface area contributed by atoms with Crippen molar-refractivity contribution in [3.8, 4) is 0 Å². The molecule has 2 N–H and O–H groups in total. The van der Waals surface area contributed by atoms with Gasteiger partial charge in [-0.1, -0.05) is 23.2 Å². The second-order valence-corrected chi connectivity index (χ2v) is 8.61. The molecular weight excluding hydrogens is 409 g/mol. The third-order valence-corrected chi connectivity index (χ3v) is 6.02. The molecule has 0 unspecified atom stereocenters. The summed E-state index contributed by atoms with van der Waals surface area (Å²) in [4.78, 5) is 23.4. The topological polar surface area (TPSA) is 70.1 Å². The maximum atomic E-state index is 12.4. The summed E-state index contributed by atoms with van der Waals surface area (Å²) in [6.07, 6.45) is 5.85. The van der Waals surface area contributed by atoms with Crippen molar-refractivity contribution in [1.82, 2.24) is 15.3 Å². The minimum absolute atomic E-state index is 0.102. The van der Waals surface area contributed by atoms with Crippen LogP contribution in [0.5, 0.6) is 0 Å². The summed E-state index contributed by atoms with van der Waals surface area (Å²) in [7, 11) is 3.96. The Labute approximate surface area is 182 Å². The minimum Gasteiger partial charge on any atom is -0.362 e. The van der Waals surface area contributed by atoms with Gasteiger partial charge < -0.3 is 15.5 Å². The lowest BCUT2D eigenvalue weighted by molar-refractivity contribution is 0.0922. The Kier molecular flexibility index (Phi) is 7.19. The predicted molar refractivity (Wildman–Crippen MR) is 119 cm³/mol. The third kappa shape index (κ3) is 5.73. The first kappa shape index (κ1) is 21.7. The number of hydrogen-bond acceptors (Lipinski definition) is 5. The molecule has 0 radical (unpaired) electrons. The van der Waals surface area contributed by atoms with Crippen LogP contribution in [0.25, 0.3) is 0 Å². The molecule has 1 saturated carbocycles. The van der Waals surface area contributed by atoms with Gasteiger partial charge in [-0.05, 0) is 56.7 Å². The lowest BCUT2D eigenvalue weighted by Crippen LogP contribution is -2.38. The first-order valence-corrected chi connectivity index (χ1v) is 10.6. The second kappa shape index (κ2) is 9.63. The van der Waals surface area contributed by atoms with Gasteiger partial charge in [0.1, 0.15) is 5.82 Å². The number of rotatable bonds is 6. The van der Waals surface area contributed by atoms with Crippen LogP contribution in [0.15, 0.2) is 24.4 Å². The summed E-state index contributed by atoms with van der Waals surface area (Å²) >= 11 is 11.9. The standard InChI is InChI=1S/C21H27Cl2N5O/c1-13-11-24-21(27-19(13)28(2)3)25-12-14-4-7-16(8-5-14)26-20(29)15-6-9-17(22)18(23)10-15/h6,9-11,14,16H,4-5,7-8,12H2,1-3H3,(H,26,29)(H,24,25,27). The average molecular weight is 436 g/mol. The Balaban J connectivity index is 1.46. The van der Waals surface area contributed by atoms with Gasteiger partial charge in [-0.25, -0.2) is 4.98 Å². The number of aromatic nitrogens is 2. The number of carbonyl (C=O) groups excluding carboxylic acids is 1. The van der Waals surface area contributed by atoms with Gasteiger partial charge in [0.05, 0.1) is 10.0 Å². The maximum absolute atomic E-state index is 12.4. The highest BCUT2D eigenvalue weighted by Crippen LogP contribution is 2.26. The van der Waals surface area contributed by atoms with Crippen LogP contribution >= 0.6 is 23.2 Å². The van der Waals surface area contributed by atoms with Gasteiger partial charge in [0.25, 0.3) is 5.91 Å². The fraction of sp³-hybridized carbons (Fsp3) is 0.476. The normalized spacial score (nSPS) is 18.9. The van der Waals surface area contributed by atoms with Gasteiger partial charge in [0.2, 0.25) is 5.95 Å². The van der Waals surface area contributed by atoms with Crippen molar-refractivity contribution in [1.29, 1.82) is 0 Å². The van der Waals surface area contributed by atoms with E-state index in [0.717, 1.165) is 43.6 Å². The van der Waals surface area contributed by atoms with Crippen LogP contribution in [0.3, 0.4) is 0 Å². The van der Waals surface area contributed by atoms with E-state index in [1.54, 1.807) is 18.2 Å². The summed E-state index contributed by atoms with van der Waals surface area (Å²) < 4.78 is 0. The molecule has 6 nitrogen and oxygen atoms in total. The molecule has 1 aliphatic carbocycles. The fourth-order valence-electron chi connectivity index (χ4n) is 3.62. The SMILES string of the molecule is Cc1cnc(NCC2CCC(NC(=O)c3ccc(Cl)c(Cl)c3)CC2)nc1N(C)C. The van der Waals surface area contributed by atoms with E-state index in [1.807, 2.05) is 32.1 Å². The van der Waals surface area contributed by atoms with Crippen LogP contribution in [-0.4, -0.2) is 42.6 Å². The Morgan fingerprint density at radius 1 is 1.17 bits per heavy atom. The fourth-order valence-corrected chi connectivity index (χ4v) is 3.92. The number of nitrogens with zero attached hydrogens (tertiary/aromatic N) is 3. The second-order valence-electron chi connectivity index (χ2n) is 7.80. The quantitative estimate of drug-likeness (QED) is 0.695. The number of nitrogens with one attached hydrogen (secondary N) is 2. The summed E-state index contributed by atoms with van der Waals surface area (Å²) in [6, 6.07) is 5.14. The number of hydrogen-bond donors (Lipinski definition) is 2. The molecule has 0 saturated heterocycles. The number of halogens is 2. The Bertz CT molecular complexity index is 866. The molecule has 156 valence electrons. The lowest BCUT2D eigenvalue weighted by atomic mass is 9.86. The number of aryl methyl sites for hydroxylation is 1. The van der Waals surface area contributed by atoms with Crippen molar-refractivity contribution in [2.75, 3.05) is 30.9 Å². The molecule has 0 aliphatic heterocycles. The molecule has 1 aromatic heterocycles. The Morgan fingerprint density at radius 3 is 2.55 bits per heavy atom. The van der Waals surface area contributed by atoms with E-state index in [1.165, 1.54) is 0 Å². The molecule has 3 rings (SSSR count). The highest BCUT2D eigenvalue weighted by atomic mass is 35.5. The molecule has 0 bridgehead atoms. The van der Waals surface area contributed by atoms with Gasteiger partial charge in [-0.2, -0.15) is 4.98 Å². The summed E-state index contributed by atoms with van der Waals surface area (Å²) in [6.45, 7) is 2.84. The van der Waals surface area contributed by atoms with Gasteiger partial charge in [-0.3, -0.25) is 4.79 Å². The van der Waals surface area contributed by atoms with Crippen molar-refractivity contribution in [2.45, 2.75) is 38.6 Å². The van der Waals surface area contributed by atoms with E-state index in [9.17, 15) is 4.79 Å². The number of anilines is 2. The number of carbonyl (C=O) groups is 1. The molecule has 1 aliphatic rings. The van der Waals surface area contributed by atoms with Crippen molar-refractivity contribution >= 4 is 40.9 Å². The number of amides is 1. The van der Waals surface area contributed by atoms with Gasteiger partial charge in [0, 0.05) is 44.0 Å². The van der Waals surface area contributed by atoms with Crippen molar-refractivity contribution in [3.63, 3.8) is 0 Å². The minimum atomic E-state index is -0.102. The van der Waals surface area contributed by atoms with Crippen LogP contribution in [-0.2, 0) is 0 Å². The van der Waals surface area contributed by atoms with Gasteiger partial charge >= 0.3 is 0 Å². The van der Waals surface area contributed by atoms with Crippen molar-refractivity contribution in [3.05, 3.63) is 45.6 Å². The van der Waals surface area contributed by atoms with E-state index in [-0.39, 0.29) is 11.9 Å². The molecule has 1 aromatic carbocycles. The van der Waals surface area contributed by atoms with E-state index < -0.39 is 0 Å². The lowest BCUT2D eigenvalue weighted by Gasteiger charge is -2.29. The molecule has 1 heterocycles. The zero-order chi connectivity index (χ0) is 21.0. The first-order valence-electron chi connectivity index (χ1n) is 9.84. The summed E-state index contributed by atoms with van der Waals surface area (Å²) in [5.74, 6) is 2.03. The highest BCUT2D eigenvalue weighted by molar-refractivity contribution is 6.42. The zero-order valence-electron chi connectivity index (χ0n) is 17.0. The Hall–Kier alpha value is -2.05. The summed E-state index contributed by atoms with van der Waals surface area (Å²) in [5.41, 5.74) is 1.59. The predicted octanol–water partition coefficient (Wildman–Crippen LogP) is 4.56. The van der Waals surface area contributed by atoms with Crippen LogP contribution in [0.4, 0.5) is 11.8 Å².